The number of esters is 1. The number of rotatable bonds is 10. The number of ether oxygens (including phenoxy) is 1. The zero-order valence-electron chi connectivity index (χ0n) is 19.1. The van der Waals surface area contributed by atoms with Gasteiger partial charge in [-0.3, -0.25) is 4.79 Å². The van der Waals surface area contributed by atoms with E-state index >= 15 is 0 Å². The summed E-state index contributed by atoms with van der Waals surface area (Å²) in [5.74, 6) is 7.36. The van der Waals surface area contributed by atoms with Crippen LogP contribution in [-0.2, 0) is 9.53 Å². The van der Waals surface area contributed by atoms with Crippen LogP contribution in [-0.4, -0.2) is 35.0 Å². The van der Waals surface area contributed by atoms with Crippen molar-refractivity contribution in [2.45, 2.75) is 84.8 Å². The standard InChI is InChI=1S/C26H40O4/c1-5-6-9-19(4)24(27)13-12-22-23-15-20(14-21(23)16-25(22)28)10-7-8-11-26(29)30-17-18(2)3/h10,12-13,18-19,21-25,27-28H,7-9,11,14-17H2,1-4H3/t19?,21-,22+,23-,24+,25+/m0/s1. The van der Waals surface area contributed by atoms with Crippen LogP contribution in [0.5, 0.6) is 0 Å². The molecule has 0 bridgehead atoms. The smallest absolute Gasteiger partial charge is 0.305 e. The van der Waals surface area contributed by atoms with E-state index in [9.17, 15) is 15.0 Å². The first-order valence-electron chi connectivity index (χ1n) is 11.6. The molecule has 4 heteroatoms. The molecule has 4 nitrogen and oxygen atoms in total. The lowest BCUT2D eigenvalue weighted by Gasteiger charge is -2.19. The highest BCUT2D eigenvalue weighted by atomic mass is 16.5. The van der Waals surface area contributed by atoms with Crippen molar-refractivity contribution in [3.05, 3.63) is 23.8 Å². The van der Waals surface area contributed by atoms with E-state index < -0.39 is 6.10 Å². The van der Waals surface area contributed by atoms with Crippen LogP contribution < -0.4 is 0 Å². The summed E-state index contributed by atoms with van der Waals surface area (Å²) in [5.41, 5.74) is 1.46. The van der Waals surface area contributed by atoms with Gasteiger partial charge in [-0.05, 0) is 62.7 Å². The Hall–Kier alpha value is -1.57. The fraction of sp³-hybridized carbons (Fsp3) is 0.731. The van der Waals surface area contributed by atoms with Crippen LogP contribution in [0, 0.1) is 41.4 Å². The fourth-order valence-corrected chi connectivity index (χ4v) is 4.64. The summed E-state index contributed by atoms with van der Waals surface area (Å²) in [6.45, 7) is 8.39. The van der Waals surface area contributed by atoms with Crippen LogP contribution in [0.4, 0.5) is 0 Å². The number of unbranched alkanes of at least 4 members (excludes halogenated alkanes) is 1. The van der Waals surface area contributed by atoms with Crippen molar-refractivity contribution in [3.8, 4) is 11.8 Å². The molecule has 1 unspecified atom stereocenters. The molecule has 0 aromatic heterocycles. The Morgan fingerprint density at radius 2 is 2.07 bits per heavy atom. The van der Waals surface area contributed by atoms with E-state index in [1.54, 1.807) is 0 Å². The second kappa shape index (κ2) is 12.3. The van der Waals surface area contributed by atoms with E-state index in [0.29, 0.717) is 37.2 Å². The largest absolute Gasteiger partial charge is 0.465 e. The fourth-order valence-electron chi connectivity index (χ4n) is 4.64. The second-order valence-electron chi connectivity index (χ2n) is 9.53. The SMILES string of the molecule is CC#CCC(C)[C@H](O)C=C[C@@H]1[C@H]2CC(=CCCCC(=O)OCC(C)C)C[C@H]2C[C@H]1O. The van der Waals surface area contributed by atoms with Gasteiger partial charge < -0.3 is 14.9 Å². The molecular formula is C26H40O4. The van der Waals surface area contributed by atoms with Gasteiger partial charge in [-0.15, -0.1) is 11.8 Å². The van der Waals surface area contributed by atoms with Crippen LogP contribution >= 0.6 is 0 Å². The van der Waals surface area contributed by atoms with Crippen LogP contribution in [0.2, 0.25) is 0 Å². The first-order chi connectivity index (χ1) is 14.3. The van der Waals surface area contributed by atoms with Gasteiger partial charge in [0.05, 0.1) is 18.8 Å². The van der Waals surface area contributed by atoms with Gasteiger partial charge >= 0.3 is 5.97 Å². The maximum absolute atomic E-state index is 11.7. The first kappa shape index (κ1) is 24.7. The normalized spacial score (nSPS) is 29.1. The third kappa shape index (κ3) is 7.60. The number of carbonyl (C=O) groups is 1. The van der Waals surface area contributed by atoms with E-state index in [1.807, 2.05) is 39.8 Å². The van der Waals surface area contributed by atoms with Crippen molar-refractivity contribution in [2.24, 2.45) is 29.6 Å². The lowest BCUT2D eigenvalue weighted by Crippen LogP contribution is -2.19. The number of allylic oxidation sites excluding steroid dienone is 2. The van der Waals surface area contributed by atoms with Crippen LogP contribution in [0.25, 0.3) is 0 Å². The molecule has 0 radical (unpaired) electrons. The molecule has 0 amide bonds. The molecule has 2 aliphatic rings. The molecule has 2 saturated carbocycles. The molecule has 2 aliphatic carbocycles. The Morgan fingerprint density at radius 3 is 2.77 bits per heavy atom. The van der Waals surface area contributed by atoms with Crippen LogP contribution in [0.1, 0.15) is 72.6 Å². The van der Waals surface area contributed by atoms with Gasteiger partial charge in [-0.1, -0.05) is 44.6 Å². The van der Waals surface area contributed by atoms with Crippen LogP contribution in [0.3, 0.4) is 0 Å². The van der Waals surface area contributed by atoms with Crippen molar-refractivity contribution in [1.29, 1.82) is 0 Å². The third-order valence-electron chi connectivity index (χ3n) is 6.42. The molecule has 2 N–H and O–H groups in total. The van der Waals surface area contributed by atoms with Gasteiger partial charge in [0.1, 0.15) is 0 Å². The van der Waals surface area contributed by atoms with Gasteiger partial charge in [0.15, 0.2) is 0 Å². The van der Waals surface area contributed by atoms with Crippen molar-refractivity contribution in [3.63, 3.8) is 0 Å². The molecule has 0 aromatic carbocycles. The maximum Gasteiger partial charge on any atom is 0.305 e. The number of hydrogen-bond donors (Lipinski definition) is 2. The molecule has 0 aromatic rings. The Morgan fingerprint density at radius 1 is 1.30 bits per heavy atom. The van der Waals surface area contributed by atoms with Crippen LogP contribution in [0.15, 0.2) is 23.8 Å². The van der Waals surface area contributed by atoms with Crippen molar-refractivity contribution in [2.75, 3.05) is 6.61 Å². The van der Waals surface area contributed by atoms with Gasteiger partial charge in [0.25, 0.3) is 0 Å². The topological polar surface area (TPSA) is 66.8 Å². The molecule has 6 atom stereocenters. The van der Waals surface area contributed by atoms with E-state index in [2.05, 4.69) is 17.9 Å². The summed E-state index contributed by atoms with van der Waals surface area (Å²) in [5, 5.41) is 20.9. The highest BCUT2D eigenvalue weighted by Gasteiger charge is 2.44. The molecule has 2 rings (SSSR count). The molecular weight excluding hydrogens is 376 g/mol. The lowest BCUT2D eigenvalue weighted by molar-refractivity contribution is -0.144. The van der Waals surface area contributed by atoms with Gasteiger partial charge in [-0.25, -0.2) is 0 Å². The minimum atomic E-state index is -0.524. The third-order valence-corrected chi connectivity index (χ3v) is 6.42. The average molecular weight is 417 g/mol. The first-order valence-corrected chi connectivity index (χ1v) is 11.6. The predicted molar refractivity (Wildman–Crippen MR) is 120 cm³/mol. The number of aliphatic hydroxyl groups is 2. The maximum atomic E-state index is 11.7. The molecule has 30 heavy (non-hydrogen) atoms. The monoisotopic (exact) mass is 416 g/mol. The number of carbonyl (C=O) groups excluding carboxylic acids is 1. The Bertz CT molecular complexity index is 666. The number of hydrogen-bond acceptors (Lipinski definition) is 4. The lowest BCUT2D eigenvalue weighted by atomic mass is 9.89. The second-order valence-corrected chi connectivity index (χ2v) is 9.53. The highest BCUT2D eigenvalue weighted by molar-refractivity contribution is 5.69. The van der Waals surface area contributed by atoms with Gasteiger partial charge in [-0.2, -0.15) is 0 Å². The Balaban J connectivity index is 1.80. The molecule has 0 aliphatic heterocycles. The summed E-state index contributed by atoms with van der Waals surface area (Å²) in [7, 11) is 0. The van der Waals surface area contributed by atoms with Gasteiger partial charge in [0.2, 0.25) is 0 Å². The van der Waals surface area contributed by atoms with E-state index in [-0.39, 0.29) is 23.9 Å². The van der Waals surface area contributed by atoms with Crippen molar-refractivity contribution in [1.82, 2.24) is 0 Å². The van der Waals surface area contributed by atoms with E-state index in [4.69, 9.17) is 4.74 Å². The minimum absolute atomic E-state index is 0.0919. The zero-order chi connectivity index (χ0) is 22.1. The molecule has 2 fully saturated rings. The number of aliphatic hydroxyl groups excluding tert-OH is 2. The zero-order valence-corrected chi connectivity index (χ0v) is 19.1. The molecule has 0 saturated heterocycles. The van der Waals surface area contributed by atoms with E-state index in [0.717, 1.165) is 32.1 Å². The number of fused-ring (bicyclic) bond motifs is 1. The summed E-state index contributed by atoms with van der Waals surface area (Å²) < 4.78 is 5.22. The molecule has 0 heterocycles. The predicted octanol–water partition coefficient (Wildman–Crippen LogP) is 4.66. The van der Waals surface area contributed by atoms with Gasteiger partial charge in [0, 0.05) is 18.8 Å². The van der Waals surface area contributed by atoms with Crippen molar-refractivity contribution < 1.29 is 19.7 Å². The average Bonchev–Trinajstić information content (AvgIpc) is 3.22. The Kier molecular flexibility index (Phi) is 10.1. The summed E-state index contributed by atoms with van der Waals surface area (Å²) >= 11 is 0. The molecule has 0 spiro atoms. The van der Waals surface area contributed by atoms with E-state index in [1.165, 1.54) is 5.57 Å². The summed E-state index contributed by atoms with van der Waals surface area (Å²) in [4.78, 5) is 11.7. The summed E-state index contributed by atoms with van der Waals surface area (Å²) in [6.07, 6.45) is 11.2. The Labute approximate surface area is 182 Å². The summed E-state index contributed by atoms with van der Waals surface area (Å²) in [6, 6.07) is 0. The minimum Gasteiger partial charge on any atom is -0.465 e. The van der Waals surface area contributed by atoms with Crippen molar-refractivity contribution >= 4 is 5.97 Å². The molecule has 168 valence electrons. The highest BCUT2D eigenvalue weighted by Crippen LogP contribution is 2.50. The quantitative estimate of drug-likeness (QED) is 0.235.